The van der Waals surface area contributed by atoms with Crippen LogP contribution in [0.1, 0.15) is 48.4 Å². The van der Waals surface area contributed by atoms with Crippen LogP contribution in [0.15, 0.2) is 0 Å². The maximum atomic E-state index is 12.9. The maximum Gasteiger partial charge on any atom is 0.275 e. The van der Waals surface area contributed by atoms with E-state index in [1.165, 1.54) is 0 Å². The van der Waals surface area contributed by atoms with Gasteiger partial charge in [0.2, 0.25) is 0 Å². The van der Waals surface area contributed by atoms with Gasteiger partial charge in [-0.15, -0.1) is 12.4 Å². The van der Waals surface area contributed by atoms with Gasteiger partial charge >= 0.3 is 0 Å². The van der Waals surface area contributed by atoms with E-state index < -0.39 is 0 Å². The van der Waals surface area contributed by atoms with Crippen molar-refractivity contribution in [1.29, 1.82) is 0 Å². The SMILES string of the molecule is CCC(CC)N(CCOC)C(=O)c1n[nH]c2c1CNCC2.Cl. The topological polar surface area (TPSA) is 70.2 Å². The van der Waals surface area contributed by atoms with E-state index in [9.17, 15) is 4.79 Å². The van der Waals surface area contributed by atoms with Crippen LogP contribution in [0, 0.1) is 0 Å². The number of hydrogen-bond acceptors (Lipinski definition) is 4. The zero-order chi connectivity index (χ0) is 15.2. The molecule has 2 N–H and O–H groups in total. The Bertz CT molecular complexity index is 474. The molecule has 126 valence electrons. The third kappa shape index (κ3) is 4.00. The number of aromatic nitrogens is 2. The number of nitrogens with zero attached hydrogens (tertiary/aromatic N) is 2. The number of amides is 1. The summed E-state index contributed by atoms with van der Waals surface area (Å²) in [6.45, 7) is 7.03. The van der Waals surface area contributed by atoms with E-state index in [0.29, 0.717) is 25.4 Å². The van der Waals surface area contributed by atoms with E-state index in [-0.39, 0.29) is 24.4 Å². The van der Waals surface area contributed by atoms with Gasteiger partial charge in [0, 0.05) is 50.5 Å². The zero-order valence-electron chi connectivity index (χ0n) is 13.6. The molecule has 0 radical (unpaired) electrons. The molecule has 1 aliphatic rings. The summed E-state index contributed by atoms with van der Waals surface area (Å²) in [5.41, 5.74) is 2.69. The fourth-order valence-corrected chi connectivity index (χ4v) is 2.91. The van der Waals surface area contributed by atoms with Gasteiger partial charge in [0.15, 0.2) is 5.69 Å². The molecular weight excluding hydrogens is 304 g/mol. The van der Waals surface area contributed by atoms with Gasteiger partial charge in [-0.1, -0.05) is 13.8 Å². The predicted molar refractivity (Wildman–Crippen MR) is 88.5 cm³/mol. The minimum Gasteiger partial charge on any atom is -0.383 e. The minimum absolute atomic E-state index is 0. The summed E-state index contributed by atoms with van der Waals surface area (Å²) in [7, 11) is 1.66. The summed E-state index contributed by atoms with van der Waals surface area (Å²) >= 11 is 0. The molecule has 1 aromatic rings. The highest BCUT2D eigenvalue weighted by molar-refractivity contribution is 5.94. The van der Waals surface area contributed by atoms with Crippen molar-refractivity contribution in [2.45, 2.75) is 45.7 Å². The number of H-pyrrole nitrogens is 1. The number of rotatable bonds is 7. The first-order chi connectivity index (χ1) is 10.2. The Morgan fingerprint density at radius 3 is 2.77 bits per heavy atom. The molecule has 2 rings (SSSR count). The summed E-state index contributed by atoms with van der Waals surface area (Å²) in [5.74, 6) is 0.0157. The molecule has 7 heteroatoms. The maximum absolute atomic E-state index is 12.9. The molecule has 0 saturated carbocycles. The standard InChI is InChI=1S/C15H26N4O2.ClH/c1-4-11(5-2)19(8-9-21-3)15(20)14-12-10-16-7-6-13(12)17-18-14;/h11,16H,4-10H2,1-3H3,(H,17,18);1H. The Balaban J connectivity index is 0.00000242. The Morgan fingerprint density at radius 2 is 2.14 bits per heavy atom. The van der Waals surface area contributed by atoms with Gasteiger partial charge in [-0.25, -0.2) is 0 Å². The van der Waals surface area contributed by atoms with Crippen molar-refractivity contribution in [2.24, 2.45) is 0 Å². The monoisotopic (exact) mass is 330 g/mol. The van der Waals surface area contributed by atoms with Gasteiger partial charge in [0.1, 0.15) is 0 Å². The third-order valence-corrected chi connectivity index (χ3v) is 4.19. The molecule has 1 aromatic heterocycles. The number of fused-ring (bicyclic) bond motifs is 1. The number of methoxy groups -OCH3 is 1. The number of ether oxygens (including phenoxy) is 1. The minimum atomic E-state index is 0. The van der Waals surface area contributed by atoms with E-state index in [1.807, 2.05) is 4.90 Å². The van der Waals surface area contributed by atoms with Gasteiger partial charge in [-0.2, -0.15) is 5.10 Å². The fourth-order valence-electron chi connectivity index (χ4n) is 2.91. The van der Waals surface area contributed by atoms with Gasteiger partial charge < -0.3 is 15.0 Å². The van der Waals surface area contributed by atoms with E-state index in [2.05, 4.69) is 29.4 Å². The van der Waals surface area contributed by atoms with Crippen LogP contribution in [0.5, 0.6) is 0 Å². The highest BCUT2D eigenvalue weighted by atomic mass is 35.5. The van der Waals surface area contributed by atoms with Crippen molar-refractivity contribution in [3.05, 3.63) is 17.0 Å². The fraction of sp³-hybridized carbons (Fsp3) is 0.733. The average Bonchev–Trinajstić information content (AvgIpc) is 2.95. The number of halogens is 1. The molecule has 1 aliphatic heterocycles. The van der Waals surface area contributed by atoms with Crippen LogP contribution in [0.3, 0.4) is 0 Å². The van der Waals surface area contributed by atoms with Gasteiger partial charge in [0.05, 0.1) is 6.61 Å². The van der Waals surface area contributed by atoms with Crippen molar-refractivity contribution in [2.75, 3.05) is 26.8 Å². The van der Waals surface area contributed by atoms with Crippen LogP contribution < -0.4 is 5.32 Å². The molecule has 0 aliphatic carbocycles. The Labute approximate surface area is 138 Å². The van der Waals surface area contributed by atoms with Crippen LogP contribution in [0.4, 0.5) is 0 Å². The van der Waals surface area contributed by atoms with Crippen LogP contribution in [0.25, 0.3) is 0 Å². The van der Waals surface area contributed by atoms with Crippen LogP contribution in [-0.4, -0.2) is 53.9 Å². The van der Waals surface area contributed by atoms with Crippen molar-refractivity contribution >= 4 is 18.3 Å². The summed E-state index contributed by atoms with van der Waals surface area (Å²) in [6.07, 6.45) is 2.78. The van der Waals surface area contributed by atoms with Gasteiger partial charge in [-0.05, 0) is 12.8 Å². The van der Waals surface area contributed by atoms with Crippen molar-refractivity contribution in [3.63, 3.8) is 0 Å². The lowest BCUT2D eigenvalue weighted by Gasteiger charge is -2.30. The molecule has 0 bridgehead atoms. The van der Waals surface area contributed by atoms with Crippen LogP contribution in [0.2, 0.25) is 0 Å². The largest absolute Gasteiger partial charge is 0.383 e. The highest BCUT2D eigenvalue weighted by Crippen LogP contribution is 2.19. The number of nitrogens with one attached hydrogen (secondary N) is 2. The molecule has 0 saturated heterocycles. The first kappa shape index (κ1) is 18.9. The summed E-state index contributed by atoms with van der Waals surface area (Å²) in [6, 6.07) is 0.233. The van der Waals surface area contributed by atoms with Crippen LogP contribution >= 0.6 is 12.4 Å². The molecule has 0 aromatic carbocycles. The second-order valence-corrected chi connectivity index (χ2v) is 5.42. The van der Waals surface area contributed by atoms with Crippen molar-refractivity contribution in [3.8, 4) is 0 Å². The quantitative estimate of drug-likeness (QED) is 0.799. The number of carbonyl (C=O) groups excluding carboxylic acids is 1. The molecule has 0 fully saturated rings. The molecular formula is C15H27ClN4O2. The van der Waals surface area contributed by atoms with Gasteiger partial charge in [-0.3, -0.25) is 9.89 Å². The van der Waals surface area contributed by atoms with Crippen molar-refractivity contribution in [1.82, 2.24) is 20.4 Å². The number of hydrogen-bond donors (Lipinski definition) is 2. The molecule has 0 spiro atoms. The van der Waals surface area contributed by atoms with E-state index in [4.69, 9.17) is 4.74 Å². The van der Waals surface area contributed by atoms with E-state index in [1.54, 1.807) is 7.11 Å². The lowest BCUT2D eigenvalue weighted by Crippen LogP contribution is -2.42. The molecule has 6 nitrogen and oxygen atoms in total. The number of aromatic amines is 1. The Kier molecular flexibility index (Phi) is 7.85. The second kappa shape index (κ2) is 9.12. The highest BCUT2D eigenvalue weighted by Gasteiger charge is 2.28. The third-order valence-electron chi connectivity index (χ3n) is 4.19. The lowest BCUT2D eigenvalue weighted by molar-refractivity contribution is 0.0582. The lowest BCUT2D eigenvalue weighted by atomic mass is 10.0. The van der Waals surface area contributed by atoms with E-state index in [0.717, 1.165) is 37.1 Å². The summed E-state index contributed by atoms with van der Waals surface area (Å²) < 4.78 is 5.16. The van der Waals surface area contributed by atoms with Crippen molar-refractivity contribution < 1.29 is 9.53 Å². The average molecular weight is 331 g/mol. The zero-order valence-corrected chi connectivity index (χ0v) is 14.5. The first-order valence-corrected chi connectivity index (χ1v) is 7.79. The summed E-state index contributed by atoms with van der Waals surface area (Å²) in [4.78, 5) is 14.8. The second-order valence-electron chi connectivity index (χ2n) is 5.42. The molecule has 0 atom stereocenters. The normalized spacial score (nSPS) is 13.6. The Hall–Kier alpha value is -1.11. The molecule has 1 amide bonds. The van der Waals surface area contributed by atoms with E-state index >= 15 is 0 Å². The van der Waals surface area contributed by atoms with Crippen LogP contribution in [-0.2, 0) is 17.7 Å². The Morgan fingerprint density at radius 1 is 1.41 bits per heavy atom. The molecule has 2 heterocycles. The molecule has 22 heavy (non-hydrogen) atoms. The number of carbonyl (C=O) groups is 1. The van der Waals surface area contributed by atoms with Gasteiger partial charge in [0.25, 0.3) is 5.91 Å². The predicted octanol–water partition coefficient (Wildman–Crippen LogP) is 1.75. The molecule has 0 unspecified atom stereocenters. The summed E-state index contributed by atoms with van der Waals surface area (Å²) in [5, 5.41) is 10.6. The smallest absolute Gasteiger partial charge is 0.275 e. The first-order valence-electron chi connectivity index (χ1n) is 7.79.